The van der Waals surface area contributed by atoms with Gasteiger partial charge in [-0.2, -0.15) is 0 Å². The highest BCUT2D eigenvalue weighted by Crippen LogP contribution is 2.34. The molecular formula is C30H26N2O7. The molecule has 0 saturated heterocycles. The number of nitrogens with one attached hydrogen (secondary N) is 2. The third-order valence-electron chi connectivity index (χ3n) is 5.75. The van der Waals surface area contributed by atoms with Gasteiger partial charge in [0.15, 0.2) is 5.75 Å². The lowest BCUT2D eigenvalue weighted by Crippen LogP contribution is -2.18. The molecule has 4 rings (SSSR count). The quantitative estimate of drug-likeness (QED) is 0.221. The maximum Gasteiger partial charge on any atom is 0.343 e. The van der Waals surface area contributed by atoms with Crippen molar-refractivity contribution in [2.75, 3.05) is 32.0 Å². The molecule has 0 aliphatic heterocycles. The van der Waals surface area contributed by atoms with Crippen molar-refractivity contribution in [2.45, 2.75) is 0 Å². The van der Waals surface area contributed by atoms with Crippen LogP contribution in [0.15, 0.2) is 91.0 Å². The third kappa shape index (κ3) is 6.53. The summed E-state index contributed by atoms with van der Waals surface area (Å²) in [4.78, 5) is 39.1. The van der Waals surface area contributed by atoms with Crippen molar-refractivity contribution in [3.05, 3.63) is 108 Å². The predicted molar refractivity (Wildman–Crippen MR) is 146 cm³/mol. The summed E-state index contributed by atoms with van der Waals surface area (Å²) in [6.45, 7) is 0. The van der Waals surface area contributed by atoms with Crippen LogP contribution >= 0.6 is 0 Å². The van der Waals surface area contributed by atoms with Gasteiger partial charge >= 0.3 is 5.97 Å². The van der Waals surface area contributed by atoms with E-state index in [9.17, 15) is 14.4 Å². The molecule has 0 heterocycles. The highest BCUT2D eigenvalue weighted by molar-refractivity contribution is 6.11. The molecule has 0 aliphatic carbocycles. The molecule has 0 aliphatic rings. The van der Waals surface area contributed by atoms with E-state index in [0.29, 0.717) is 28.4 Å². The largest absolute Gasteiger partial charge is 0.497 e. The van der Waals surface area contributed by atoms with Crippen LogP contribution in [0.2, 0.25) is 0 Å². The molecule has 0 spiro atoms. The molecule has 4 aromatic rings. The Hall–Kier alpha value is -5.31. The summed E-state index contributed by atoms with van der Waals surface area (Å²) < 4.78 is 21.1. The number of carbonyl (C=O) groups is 3. The first-order valence-corrected chi connectivity index (χ1v) is 11.8. The number of amides is 2. The smallest absolute Gasteiger partial charge is 0.343 e. The maximum atomic E-state index is 13.1. The predicted octanol–water partition coefficient (Wildman–Crippen LogP) is 5.44. The van der Waals surface area contributed by atoms with E-state index >= 15 is 0 Å². The molecule has 0 saturated carbocycles. The molecular weight excluding hydrogens is 500 g/mol. The molecule has 2 amide bonds. The molecule has 39 heavy (non-hydrogen) atoms. The molecule has 4 aromatic carbocycles. The Balaban J connectivity index is 1.65. The van der Waals surface area contributed by atoms with Crippen molar-refractivity contribution in [2.24, 2.45) is 0 Å². The van der Waals surface area contributed by atoms with Gasteiger partial charge in [0.2, 0.25) is 0 Å². The minimum absolute atomic E-state index is 0.0465. The molecule has 0 aromatic heterocycles. The molecule has 0 bridgehead atoms. The average molecular weight is 527 g/mol. The minimum Gasteiger partial charge on any atom is -0.497 e. The van der Waals surface area contributed by atoms with E-state index in [2.05, 4.69) is 10.6 Å². The third-order valence-corrected chi connectivity index (χ3v) is 5.75. The van der Waals surface area contributed by atoms with Crippen molar-refractivity contribution in [3.63, 3.8) is 0 Å². The Morgan fingerprint density at radius 2 is 0.974 bits per heavy atom. The number of methoxy groups -OCH3 is 3. The molecule has 0 atom stereocenters. The molecule has 2 N–H and O–H groups in total. The summed E-state index contributed by atoms with van der Waals surface area (Å²) in [5.74, 6) is 0.254. The topological polar surface area (TPSA) is 112 Å². The SMILES string of the molecule is COc1ccc(C(=O)Nc2cccc(OC(=O)c3ccc(OC)cc3)c2NC(=O)c2ccc(OC)cc2)cc1. The second-order valence-corrected chi connectivity index (χ2v) is 8.16. The van der Waals surface area contributed by atoms with Gasteiger partial charge in [0.25, 0.3) is 11.8 Å². The van der Waals surface area contributed by atoms with Crippen LogP contribution in [-0.4, -0.2) is 39.1 Å². The molecule has 9 nitrogen and oxygen atoms in total. The van der Waals surface area contributed by atoms with Crippen LogP contribution in [-0.2, 0) is 0 Å². The number of hydrogen-bond donors (Lipinski definition) is 2. The number of ether oxygens (including phenoxy) is 4. The molecule has 0 radical (unpaired) electrons. The van der Waals surface area contributed by atoms with Crippen molar-refractivity contribution in [1.82, 2.24) is 0 Å². The van der Waals surface area contributed by atoms with Crippen LogP contribution in [0.4, 0.5) is 11.4 Å². The summed E-state index contributed by atoms with van der Waals surface area (Å²) in [5.41, 5.74) is 1.32. The second kappa shape index (κ2) is 12.3. The number of hydrogen-bond acceptors (Lipinski definition) is 7. The lowest BCUT2D eigenvalue weighted by Gasteiger charge is -2.17. The van der Waals surface area contributed by atoms with Crippen molar-refractivity contribution >= 4 is 29.2 Å². The van der Waals surface area contributed by atoms with Gasteiger partial charge in [-0.25, -0.2) is 4.79 Å². The summed E-state index contributed by atoms with van der Waals surface area (Å²) in [5, 5.41) is 5.56. The first kappa shape index (κ1) is 26.7. The minimum atomic E-state index is -0.656. The molecule has 198 valence electrons. The van der Waals surface area contributed by atoms with E-state index in [1.165, 1.54) is 27.4 Å². The van der Waals surface area contributed by atoms with Crippen LogP contribution in [0.3, 0.4) is 0 Å². The molecule has 9 heteroatoms. The Morgan fingerprint density at radius 1 is 0.538 bits per heavy atom. The van der Waals surface area contributed by atoms with Crippen molar-refractivity contribution < 1.29 is 33.3 Å². The van der Waals surface area contributed by atoms with E-state index in [1.54, 1.807) is 84.9 Å². The average Bonchev–Trinajstić information content (AvgIpc) is 2.98. The van der Waals surface area contributed by atoms with Gasteiger partial charge in [0, 0.05) is 11.1 Å². The maximum absolute atomic E-state index is 13.1. The highest BCUT2D eigenvalue weighted by Gasteiger charge is 2.20. The summed E-state index contributed by atoms with van der Waals surface area (Å²) in [6, 6.07) is 24.1. The number of esters is 1. The number of anilines is 2. The van der Waals surface area contributed by atoms with Crippen LogP contribution in [0.5, 0.6) is 23.0 Å². The van der Waals surface area contributed by atoms with Crippen LogP contribution in [0, 0.1) is 0 Å². The standard InChI is InChI=1S/C30H26N2O7/c1-36-22-13-7-19(8-14-22)28(33)31-25-5-4-6-26(39-30(35)21-11-17-24(38-3)18-12-21)27(25)32-29(34)20-9-15-23(37-2)16-10-20/h4-18H,1-3H3,(H,31,33)(H,32,34). The number of para-hydroxylation sites is 1. The zero-order valence-corrected chi connectivity index (χ0v) is 21.5. The highest BCUT2D eigenvalue weighted by atomic mass is 16.5. The Morgan fingerprint density at radius 3 is 1.44 bits per heavy atom. The Labute approximate surface area is 225 Å². The van der Waals surface area contributed by atoms with Gasteiger partial charge in [-0.15, -0.1) is 0 Å². The summed E-state index contributed by atoms with van der Waals surface area (Å²) >= 11 is 0. The lowest BCUT2D eigenvalue weighted by molar-refractivity contribution is 0.0734. The normalized spacial score (nSPS) is 10.2. The fourth-order valence-electron chi connectivity index (χ4n) is 3.60. The van der Waals surface area contributed by atoms with Crippen LogP contribution < -0.4 is 29.6 Å². The van der Waals surface area contributed by atoms with Gasteiger partial charge < -0.3 is 29.6 Å². The molecule has 0 unspecified atom stereocenters. The summed E-state index contributed by atoms with van der Waals surface area (Å²) in [7, 11) is 4.59. The summed E-state index contributed by atoms with van der Waals surface area (Å²) in [6.07, 6.45) is 0. The van der Waals surface area contributed by atoms with Crippen molar-refractivity contribution in [3.8, 4) is 23.0 Å². The van der Waals surface area contributed by atoms with Gasteiger partial charge in [0.05, 0.1) is 32.6 Å². The van der Waals surface area contributed by atoms with E-state index in [4.69, 9.17) is 18.9 Å². The number of rotatable bonds is 9. The molecule has 0 fully saturated rings. The fourth-order valence-corrected chi connectivity index (χ4v) is 3.60. The Bertz CT molecular complexity index is 1390. The fraction of sp³-hybridized carbons (Fsp3) is 0.100. The van der Waals surface area contributed by atoms with Gasteiger partial charge in [-0.05, 0) is 84.9 Å². The van der Waals surface area contributed by atoms with E-state index < -0.39 is 17.8 Å². The van der Waals surface area contributed by atoms with Crippen molar-refractivity contribution in [1.29, 1.82) is 0 Å². The van der Waals surface area contributed by atoms with Crippen LogP contribution in [0.25, 0.3) is 0 Å². The zero-order valence-electron chi connectivity index (χ0n) is 21.5. The van der Waals surface area contributed by atoms with Crippen LogP contribution in [0.1, 0.15) is 31.1 Å². The monoisotopic (exact) mass is 526 g/mol. The van der Waals surface area contributed by atoms with E-state index in [-0.39, 0.29) is 22.7 Å². The second-order valence-electron chi connectivity index (χ2n) is 8.16. The number of carbonyl (C=O) groups excluding carboxylic acids is 3. The lowest BCUT2D eigenvalue weighted by atomic mass is 10.1. The van der Waals surface area contributed by atoms with Gasteiger partial charge in [-0.1, -0.05) is 6.07 Å². The Kier molecular flexibility index (Phi) is 8.43. The van der Waals surface area contributed by atoms with E-state index in [0.717, 1.165) is 0 Å². The zero-order chi connectivity index (χ0) is 27.8. The van der Waals surface area contributed by atoms with Gasteiger partial charge in [-0.3, -0.25) is 9.59 Å². The number of benzene rings is 4. The van der Waals surface area contributed by atoms with E-state index in [1.807, 2.05) is 0 Å². The van der Waals surface area contributed by atoms with Gasteiger partial charge in [0.1, 0.15) is 22.9 Å². The first-order chi connectivity index (χ1) is 18.9. The first-order valence-electron chi connectivity index (χ1n) is 11.8.